The molecule has 1 aromatic rings. The zero-order valence-electron chi connectivity index (χ0n) is 10.5. The van der Waals surface area contributed by atoms with E-state index in [9.17, 15) is 0 Å². The van der Waals surface area contributed by atoms with Crippen molar-refractivity contribution in [1.29, 1.82) is 0 Å². The van der Waals surface area contributed by atoms with Crippen LogP contribution in [0, 0.1) is 5.92 Å². The lowest BCUT2D eigenvalue weighted by Gasteiger charge is -2.32. The highest BCUT2D eigenvalue weighted by Gasteiger charge is 2.30. The Kier molecular flexibility index (Phi) is 4.64. The number of halogens is 1. The van der Waals surface area contributed by atoms with Crippen molar-refractivity contribution in [3.8, 4) is 0 Å². The molecule has 1 aromatic heterocycles. The van der Waals surface area contributed by atoms with Crippen LogP contribution in [0.2, 0.25) is 0 Å². The van der Waals surface area contributed by atoms with Gasteiger partial charge in [0.05, 0.1) is 9.83 Å². The molecule has 0 aromatic carbocycles. The fraction of sp³-hybridized carbons (Fsp3) is 0.692. The Morgan fingerprint density at radius 3 is 2.65 bits per heavy atom. The standard InChI is InChI=1S/C13H21BrN2S/c1-3-16(8-10-4-5-10)13(9(2)15)11-6-7-12(14)17-11/h6-7,9-10,13H,3-5,8,15H2,1-2H3. The molecule has 0 bridgehead atoms. The fourth-order valence-corrected chi connectivity index (χ4v) is 4.00. The first-order valence-electron chi connectivity index (χ1n) is 6.36. The summed E-state index contributed by atoms with van der Waals surface area (Å²) in [7, 11) is 0. The maximum atomic E-state index is 6.20. The topological polar surface area (TPSA) is 29.3 Å². The van der Waals surface area contributed by atoms with E-state index in [1.54, 1.807) is 0 Å². The maximum absolute atomic E-state index is 6.20. The van der Waals surface area contributed by atoms with Gasteiger partial charge in [0.25, 0.3) is 0 Å². The van der Waals surface area contributed by atoms with Crippen molar-refractivity contribution in [1.82, 2.24) is 4.90 Å². The van der Waals surface area contributed by atoms with E-state index in [0.717, 1.165) is 12.5 Å². The second-order valence-electron chi connectivity index (χ2n) is 4.98. The molecule has 1 fully saturated rings. The molecule has 1 saturated carbocycles. The third kappa shape index (κ3) is 3.53. The molecule has 2 unspecified atom stereocenters. The summed E-state index contributed by atoms with van der Waals surface area (Å²) < 4.78 is 1.20. The molecule has 2 atom stereocenters. The molecular formula is C13H21BrN2S. The van der Waals surface area contributed by atoms with Gasteiger partial charge in [0.2, 0.25) is 0 Å². The summed E-state index contributed by atoms with van der Waals surface area (Å²) in [6.07, 6.45) is 2.80. The van der Waals surface area contributed by atoms with Gasteiger partial charge in [-0.15, -0.1) is 11.3 Å². The lowest BCUT2D eigenvalue weighted by atomic mass is 10.1. The van der Waals surface area contributed by atoms with Crippen LogP contribution < -0.4 is 5.73 Å². The molecule has 0 amide bonds. The first-order valence-corrected chi connectivity index (χ1v) is 7.97. The van der Waals surface area contributed by atoms with Crippen molar-refractivity contribution < 1.29 is 0 Å². The van der Waals surface area contributed by atoms with E-state index in [0.29, 0.717) is 6.04 Å². The normalized spacial score (nSPS) is 19.6. The van der Waals surface area contributed by atoms with E-state index < -0.39 is 0 Å². The van der Waals surface area contributed by atoms with Crippen LogP contribution in [0.1, 0.15) is 37.6 Å². The first-order chi connectivity index (χ1) is 8.11. The Morgan fingerprint density at radius 1 is 1.53 bits per heavy atom. The molecule has 4 heteroatoms. The third-order valence-corrected chi connectivity index (χ3v) is 5.07. The molecule has 17 heavy (non-hydrogen) atoms. The predicted octanol–water partition coefficient (Wildman–Crippen LogP) is 3.63. The van der Waals surface area contributed by atoms with Gasteiger partial charge in [0, 0.05) is 17.5 Å². The van der Waals surface area contributed by atoms with Gasteiger partial charge in [0.15, 0.2) is 0 Å². The van der Waals surface area contributed by atoms with Crippen molar-refractivity contribution in [3.05, 3.63) is 20.8 Å². The lowest BCUT2D eigenvalue weighted by molar-refractivity contribution is 0.181. The minimum atomic E-state index is 0.180. The number of thiophene rings is 1. The molecule has 0 radical (unpaired) electrons. The van der Waals surface area contributed by atoms with Gasteiger partial charge in [-0.2, -0.15) is 0 Å². The summed E-state index contributed by atoms with van der Waals surface area (Å²) in [5.74, 6) is 0.916. The molecule has 2 rings (SSSR count). The van der Waals surface area contributed by atoms with E-state index >= 15 is 0 Å². The van der Waals surface area contributed by atoms with Crippen LogP contribution >= 0.6 is 27.3 Å². The van der Waals surface area contributed by atoms with Crippen LogP contribution in [0.3, 0.4) is 0 Å². The van der Waals surface area contributed by atoms with E-state index in [4.69, 9.17) is 5.73 Å². The number of nitrogens with two attached hydrogens (primary N) is 1. The number of rotatable bonds is 6. The summed E-state index contributed by atoms with van der Waals surface area (Å²) in [4.78, 5) is 3.93. The number of hydrogen-bond acceptors (Lipinski definition) is 3. The van der Waals surface area contributed by atoms with Gasteiger partial charge in [-0.05, 0) is 60.3 Å². The van der Waals surface area contributed by atoms with E-state index in [1.807, 2.05) is 11.3 Å². The van der Waals surface area contributed by atoms with Gasteiger partial charge in [0.1, 0.15) is 0 Å². The molecule has 1 aliphatic rings. The quantitative estimate of drug-likeness (QED) is 0.868. The van der Waals surface area contributed by atoms with E-state index in [1.165, 1.54) is 28.0 Å². The Balaban J connectivity index is 2.13. The fourth-order valence-electron chi connectivity index (χ4n) is 2.33. The Hall–Kier alpha value is 0.1000. The third-order valence-electron chi connectivity index (χ3n) is 3.37. The van der Waals surface area contributed by atoms with Crippen molar-refractivity contribution in [2.45, 2.75) is 38.8 Å². The van der Waals surface area contributed by atoms with E-state index in [-0.39, 0.29) is 6.04 Å². The molecular weight excluding hydrogens is 296 g/mol. The van der Waals surface area contributed by atoms with Crippen molar-refractivity contribution in [2.75, 3.05) is 13.1 Å². The molecule has 1 heterocycles. The summed E-state index contributed by atoms with van der Waals surface area (Å²) in [6.45, 7) is 6.64. The van der Waals surface area contributed by atoms with Crippen molar-refractivity contribution in [3.63, 3.8) is 0 Å². The molecule has 0 spiro atoms. The number of nitrogens with zero attached hydrogens (tertiary/aromatic N) is 1. The highest BCUT2D eigenvalue weighted by atomic mass is 79.9. The van der Waals surface area contributed by atoms with Crippen LogP contribution in [0.5, 0.6) is 0 Å². The van der Waals surface area contributed by atoms with Crippen LogP contribution in [-0.2, 0) is 0 Å². The van der Waals surface area contributed by atoms with Gasteiger partial charge in [-0.3, -0.25) is 4.90 Å². The average Bonchev–Trinajstić information content (AvgIpc) is 2.99. The van der Waals surface area contributed by atoms with Crippen LogP contribution in [0.4, 0.5) is 0 Å². The molecule has 0 saturated heterocycles. The zero-order valence-corrected chi connectivity index (χ0v) is 12.9. The highest BCUT2D eigenvalue weighted by Crippen LogP contribution is 2.36. The molecule has 2 nitrogen and oxygen atoms in total. The molecule has 2 N–H and O–H groups in total. The lowest BCUT2D eigenvalue weighted by Crippen LogP contribution is -2.40. The minimum absolute atomic E-state index is 0.180. The zero-order chi connectivity index (χ0) is 12.4. The van der Waals surface area contributed by atoms with Gasteiger partial charge >= 0.3 is 0 Å². The monoisotopic (exact) mass is 316 g/mol. The highest BCUT2D eigenvalue weighted by molar-refractivity contribution is 9.11. The Labute approximate surface area is 116 Å². The second-order valence-corrected chi connectivity index (χ2v) is 7.47. The van der Waals surface area contributed by atoms with Crippen LogP contribution in [0.25, 0.3) is 0 Å². The van der Waals surface area contributed by atoms with Crippen molar-refractivity contribution in [2.24, 2.45) is 11.7 Å². The number of likely N-dealkylation sites (N-methyl/N-ethyl adjacent to an activating group) is 1. The van der Waals surface area contributed by atoms with E-state index in [2.05, 4.69) is 46.8 Å². The molecule has 1 aliphatic carbocycles. The van der Waals surface area contributed by atoms with Crippen molar-refractivity contribution >= 4 is 27.3 Å². The Bertz CT molecular complexity index is 360. The largest absolute Gasteiger partial charge is 0.326 e. The maximum Gasteiger partial charge on any atom is 0.0702 e. The number of hydrogen-bond donors (Lipinski definition) is 1. The second kappa shape index (κ2) is 5.83. The summed E-state index contributed by atoms with van der Waals surface area (Å²) in [5, 5.41) is 0. The molecule has 0 aliphatic heterocycles. The van der Waals surface area contributed by atoms with Gasteiger partial charge in [-0.25, -0.2) is 0 Å². The van der Waals surface area contributed by atoms with Gasteiger partial charge < -0.3 is 5.73 Å². The SMILES string of the molecule is CCN(CC1CC1)C(c1ccc(Br)s1)C(C)N. The summed E-state index contributed by atoms with van der Waals surface area (Å²) in [5.41, 5.74) is 6.20. The predicted molar refractivity (Wildman–Crippen MR) is 78.4 cm³/mol. The summed E-state index contributed by atoms with van der Waals surface area (Å²) in [6, 6.07) is 4.88. The Morgan fingerprint density at radius 2 is 2.24 bits per heavy atom. The minimum Gasteiger partial charge on any atom is -0.326 e. The van der Waals surface area contributed by atoms with Crippen LogP contribution in [-0.4, -0.2) is 24.0 Å². The smallest absolute Gasteiger partial charge is 0.0702 e. The van der Waals surface area contributed by atoms with Gasteiger partial charge in [-0.1, -0.05) is 6.92 Å². The molecule has 96 valence electrons. The average molecular weight is 317 g/mol. The summed E-state index contributed by atoms with van der Waals surface area (Å²) >= 11 is 5.35. The first kappa shape index (κ1) is 13.5. The van der Waals surface area contributed by atoms with Crippen LogP contribution in [0.15, 0.2) is 15.9 Å².